The molecule has 2 aromatic rings. The average Bonchev–Trinajstić information content (AvgIpc) is 2.58. The van der Waals surface area contributed by atoms with E-state index in [0.29, 0.717) is 25.4 Å². The van der Waals surface area contributed by atoms with Gasteiger partial charge in [-0.05, 0) is 30.9 Å². The molecule has 0 fully saturated rings. The van der Waals surface area contributed by atoms with Crippen LogP contribution in [0.3, 0.4) is 0 Å². The predicted molar refractivity (Wildman–Crippen MR) is 98.1 cm³/mol. The van der Waals surface area contributed by atoms with E-state index in [9.17, 15) is 9.59 Å². The van der Waals surface area contributed by atoms with Crippen molar-refractivity contribution < 1.29 is 14.3 Å². The molecule has 0 atom stereocenters. The summed E-state index contributed by atoms with van der Waals surface area (Å²) < 4.78 is 11.9. The average molecular weight is 348 g/mol. The minimum absolute atomic E-state index is 0.0120. The van der Waals surface area contributed by atoms with Crippen LogP contribution >= 0.6 is 11.3 Å². The number of unbranched alkanes of at least 4 members (excludes halogenated alkanes) is 1. The molecule has 24 heavy (non-hydrogen) atoms. The fraction of sp³-hybridized carbons (Fsp3) is 0.474. The predicted octanol–water partition coefficient (Wildman–Crippen LogP) is 4.33. The largest absolute Gasteiger partial charge is 0.493 e. The van der Waals surface area contributed by atoms with Crippen LogP contribution in [0.25, 0.3) is 10.1 Å². The molecule has 0 unspecified atom stereocenters. The van der Waals surface area contributed by atoms with Crippen molar-refractivity contribution >= 4 is 27.4 Å². The molecule has 2 rings (SSSR count). The highest BCUT2D eigenvalue weighted by atomic mass is 32.1. The van der Waals surface area contributed by atoms with Crippen LogP contribution in [0.2, 0.25) is 0 Å². The Morgan fingerprint density at radius 3 is 2.71 bits per heavy atom. The molecule has 1 aromatic carbocycles. The molecule has 0 aliphatic rings. The molecule has 5 heteroatoms. The molecule has 0 aliphatic heterocycles. The van der Waals surface area contributed by atoms with Gasteiger partial charge in [-0.25, -0.2) is 0 Å². The summed E-state index contributed by atoms with van der Waals surface area (Å²) in [6, 6.07) is 7.66. The second-order valence-corrected chi connectivity index (χ2v) is 6.62. The molecule has 0 radical (unpaired) electrons. The van der Waals surface area contributed by atoms with Gasteiger partial charge in [0.25, 0.3) is 0 Å². The maximum Gasteiger partial charge on any atom is 0.305 e. The van der Waals surface area contributed by atoms with Crippen molar-refractivity contribution in [3.05, 3.63) is 39.4 Å². The third kappa shape index (κ3) is 5.06. The highest BCUT2D eigenvalue weighted by Gasteiger charge is 2.09. The van der Waals surface area contributed by atoms with Gasteiger partial charge in [0.05, 0.1) is 13.2 Å². The second-order valence-electron chi connectivity index (χ2n) is 5.60. The van der Waals surface area contributed by atoms with E-state index >= 15 is 0 Å². The second kappa shape index (κ2) is 9.42. The Bertz CT molecular complexity index is 736. The molecule has 0 aliphatic carbocycles. The number of carbonyl (C=O) groups is 1. The highest BCUT2D eigenvalue weighted by Crippen LogP contribution is 2.29. The van der Waals surface area contributed by atoms with Gasteiger partial charge in [-0.1, -0.05) is 43.7 Å². The molecule has 0 spiro atoms. The van der Waals surface area contributed by atoms with E-state index < -0.39 is 0 Å². The van der Waals surface area contributed by atoms with Crippen LogP contribution < -0.4 is 9.48 Å². The zero-order valence-corrected chi connectivity index (χ0v) is 15.1. The summed E-state index contributed by atoms with van der Waals surface area (Å²) in [6.45, 7) is 4.83. The molecule has 0 amide bonds. The van der Waals surface area contributed by atoms with Crippen LogP contribution in [-0.2, 0) is 16.0 Å². The van der Waals surface area contributed by atoms with E-state index in [1.165, 1.54) is 16.9 Å². The number of benzene rings is 1. The van der Waals surface area contributed by atoms with Gasteiger partial charge < -0.3 is 9.47 Å². The van der Waals surface area contributed by atoms with Crippen molar-refractivity contribution in [1.29, 1.82) is 0 Å². The number of esters is 1. The van der Waals surface area contributed by atoms with E-state index in [1.807, 2.05) is 12.1 Å². The van der Waals surface area contributed by atoms with E-state index in [0.717, 1.165) is 35.8 Å². The van der Waals surface area contributed by atoms with Gasteiger partial charge in [0.15, 0.2) is 0 Å². The number of aryl methyl sites for hydroxylation is 1. The van der Waals surface area contributed by atoms with Crippen LogP contribution in [0.1, 0.15) is 45.1 Å². The summed E-state index contributed by atoms with van der Waals surface area (Å²) in [4.78, 5) is 23.0. The summed E-state index contributed by atoms with van der Waals surface area (Å²) in [5, 5.41) is 1.00. The number of ether oxygens (including phenoxy) is 2. The standard InChI is InChI=1S/C19H24O4S/c1-3-8-14-9-7-10-15-16(13-18(21)24-19(14)15)22-11-5-6-12-23-17(20)4-2/h7,9-10,13H,3-6,8,11-12H2,1-2H3. The molecule has 0 bridgehead atoms. The molecule has 1 heterocycles. The van der Waals surface area contributed by atoms with Gasteiger partial charge in [0.1, 0.15) is 5.75 Å². The number of rotatable bonds is 9. The lowest BCUT2D eigenvalue weighted by Crippen LogP contribution is -2.06. The van der Waals surface area contributed by atoms with Crippen molar-refractivity contribution in [3.63, 3.8) is 0 Å². The van der Waals surface area contributed by atoms with Crippen molar-refractivity contribution in [2.75, 3.05) is 13.2 Å². The quantitative estimate of drug-likeness (QED) is 0.500. The van der Waals surface area contributed by atoms with Crippen molar-refractivity contribution in [2.45, 2.75) is 46.0 Å². The number of carbonyl (C=O) groups excluding carboxylic acids is 1. The Balaban J connectivity index is 2.00. The Morgan fingerprint density at radius 2 is 1.96 bits per heavy atom. The SMILES string of the molecule is CCCc1cccc2c(OCCCCOC(=O)CC)cc(=O)sc12. The Morgan fingerprint density at radius 1 is 1.17 bits per heavy atom. The van der Waals surface area contributed by atoms with Crippen LogP contribution in [0.5, 0.6) is 5.75 Å². The van der Waals surface area contributed by atoms with Gasteiger partial charge in [0, 0.05) is 22.6 Å². The lowest BCUT2D eigenvalue weighted by Gasteiger charge is -2.11. The molecule has 0 N–H and O–H groups in total. The first-order valence-electron chi connectivity index (χ1n) is 8.49. The lowest BCUT2D eigenvalue weighted by molar-refractivity contribution is -0.143. The lowest BCUT2D eigenvalue weighted by atomic mass is 10.1. The first-order chi connectivity index (χ1) is 11.7. The first kappa shape index (κ1) is 18.5. The topological polar surface area (TPSA) is 52.6 Å². The van der Waals surface area contributed by atoms with Crippen molar-refractivity contribution in [3.8, 4) is 5.75 Å². The van der Waals surface area contributed by atoms with E-state index in [2.05, 4.69) is 13.0 Å². The zero-order valence-electron chi connectivity index (χ0n) is 14.3. The van der Waals surface area contributed by atoms with E-state index in [-0.39, 0.29) is 10.7 Å². The Labute approximate surface area is 146 Å². The fourth-order valence-corrected chi connectivity index (χ4v) is 3.42. The minimum Gasteiger partial charge on any atom is -0.493 e. The van der Waals surface area contributed by atoms with Crippen LogP contribution in [0.15, 0.2) is 29.1 Å². The molecule has 4 nitrogen and oxygen atoms in total. The fourth-order valence-electron chi connectivity index (χ4n) is 2.47. The maximum absolute atomic E-state index is 12.0. The van der Waals surface area contributed by atoms with Gasteiger partial charge in [-0.2, -0.15) is 0 Å². The number of hydrogen-bond donors (Lipinski definition) is 0. The summed E-state index contributed by atoms with van der Waals surface area (Å²) in [5.41, 5.74) is 1.20. The zero-order chi connectivity index (χ0) is 17.4. The molecular weight excluding hydrogens is 324 g/mol. The molecular formula is C19H24O4S. The molecule has 0 saturated heterocycles. The number of fused-ring (bicyclic) bond motifs is 1. The number of hydrogen-bond acceptors (Lipinski definition) is 5. The van der Waals surface area contributed by atoms with Gasteiger partial charge in [-0.3, -0.25) is 9.59 Å². The van der Waals surface area contributed by atoms with Crippen LogP contribution in [-0.4, -0.2) is 19.2 Å². The smallest absolute Gasteiger partial charge is 0.305 e. The van der Waals surface area contributed by atoms with Gasteiger partial charge in [0.2, 0.25) is 4.74 Å². The molecule has 130 valence electrons. The van der Waals surface area contributed by atoms with Crippen molar-refractivity contribution in [2.24, 2.45) is 0 Å². The summed E-state index contributed by atoms with van der Waals surface area (Å²) in [5.74, 6) is 0.475. The molecule has 1 aromatic heterocycles. The van der Waals surface area contributed by atoms with Crippen LogP contribution in [0, 0.1) is 0 Å². The Hall–Kier alpha value is -1.88. The van der Waals surface area contributed by atoms with Gasteiger partial charge >= 0.3 is 5.97 Å². The van der Waals surface area contributed by atoms with Gasteiger partial charge in [-0.15, -0.1) is 0 Å². The monoisotopic (exact) mass is 348 g/mol. The summed E-state index contributed by atoms with van der Waals surface area (Å²) in [7, 11) is 0. The third-order valence-corrected chi connectivity index (χ3v) is 4.69. The first-order valence-corrected chi connectivity index (χ1v) is 9.31. The van der Waals surface area contributed by atoms with Crippen molar-refractivity contribution in [1.82, 2.24) is 0 Å². The third-order valence-electron chi connectivity index (χ3n) is 3.68. The highest BCUT2D eigenvalue weighted by molar-refractivity contribution is 7.16. The summed E-state index contributed by atoms with van der Waals surface area (Å²) in [6.07, 6.45) is 3.94. The Kier molecular flexibility index (Phi) is 7.25. The molecule has 0 saturated carbocycles. The van der Waals surface area contributed by atoms with Crippen LogP contribution in [0.4, 0.5) is 0 Å². The minimum atomic E-state index is -0.175. The van der Waals surface area contributed by atoms with E-state index in [4.69, 9.17) is 9.47 Å². The van der Waals surface area contributed by atoms with E-state index in [1.54, 1.807) is 13.0 Å². The maximum atomic E-state index is 12.0. The normalized spacial score (nSPS) is 10.8. The summed E-state index contributed by atoms with van der Waals surface area (Å²) >= 11 is 1.28.